The minimum atomic E-state index is -4.69. The van der Waals surface area contributed by atoms with Crippen LogP contribution in [0.4, 0.5) is 18.9 Å². The number of alkyl halides is 3. The van der Waals surface area contributed by atoms with Crippen LogP contribution in [0.2, 0.25) is 0 Å². The molecule has 0 heterocycles. The van der Waals surface area contributed by atoms with Crippen molar-refractivity contribution in [2.24, 2.45) is 0 Å². The van der Waals surface area contributed by atoms with Crippen LogP contribution in [0.15, 0.2) is 48.5 Å². The molecule has 0 aliphatic rings. The maximum atomic E-state index is 13.6. The first-order chi connectivity index (χ1) is 16.8. The third-order valence-electron chi connectivity index (χ3n) is 5.68. The van der Waals surface area contributed by atoms with Gasteiger partial charge in [0.05, 0.1) is 17.5 Å². The quantitative estimate of drug-likeness (QED) is 0.477. The number of aryl methyl sites for hydroxylation is 1. The lowest BCUT2D eigenvalue weighted by molar-refractivity contribution is -0.140. The van der Waals surface area contributed by atoms with Gasteiger partial charge >= 0.3 is 6.18 Å². The van der Waals surface area contributed by atoms with Crippen LogP contribution in [0.3, 0.4) is 0 Å². The Kier molecular flexibility index (Phi) is 9.92. The minimum Gasteiger partial charge on any atom is -0.354 e. The summed E-state index contributed by atoms with van der Waals surface area (Å²) in [7, 11) is -4.14. The Morgan fingerprint density at radius 3 is 2.28 bits per heavy atom. The van der Waals surface area contributed by atoms with Gasteiger partial charge in [-0.3, -0.25) is 13.9 Å². The maximum Gasteiger partial charge on any atom is 0.416 e. The fourth-order valence-corrected chi connectivity index (χ4v) is 4.55. The Morgan fingerprint density at radius 2 is 1.72 bits per heavy atom. The fraction of sp³-hybridized carbons (Fsp3) is 0.440. The Bertz CT molecular complexity index is 1170. The van der Waals surface area contributed by atoms with E-state index in [2.05, 4.69) is 5.32 Å². The topological polar surface area (TPSA) is 86.8 Å². The highest BCUT2D eigenvalue weighted by Crippen LogP contribution is 2.32. The Hall–Kier alpha value is -3.08. The van der Waals surface area contributed by atoms with E-state index in [1.165, 1.54) is 11.0 Å². The summed E-state index contributed by atoms with van der Waals surface area (Å²) >= 11 is 0. The number of hydrogen-bond donors (Lipinski definition) is 1. The van der Waals surface area contributed by atoms with E-state index < -0.39 is 40.3 Å². The van der Waals surface area contributed by atoms with Crippen molar-refractivity contribution >= 4 is 27.5 Å². The number of benzene rings is 2. The molecule has 0 saturated carbocycles. The largest absolute Gasteiger partial charge is 0.416 e. The van der Waals surface area contributed by atoms with Crippen LogP contribution < -0.4 is 9.62 Å². The molecule has 0 fully saturated rings. The molecular weight excluding hydrogens is 495 g/mol. The molecule has 198 valence electrons. The Labute approximate surface area is 210 Å². The molecule has 0 spiro atoms. The van der Waals surface area contributed by atoms with E-state index in [1.54, 1.807) is 19.1 Å². The summed E-state index contributed by atoms with van der Waals surface area (Å²) in [4.78, 5) is 27.8. The van der Waals surface area contributed by atoms with E-state index in [1.807, 2.05) is 26.0 Å². The van der Waals surface area contributed by atoms with Crippen molar-refractivity contribution in [3.63, 3.8) is 0 Å². The minimum absolute atomic E-state index is 0.0315. The van der Waals surface area contributed by atoms with Gasteiger partial charge in [-0.1, -0.05) is 44.2 Å². The molecule has 2 rings (SSSR count). The zero-order valence-electron chi connectivity index (χ0n) is 20.8. The first-order valence-corrected chi connectivity index (χ1v) is 13.4. The number of nitrogens with one attached hydrogen (secondary N) is 1. The van der Waals surface area contributed by atoms with Crippen molar-refractivity contribution in [2.75, 3.05) is 23.7 Å². The SMILES string of the molecule is CCCNC(=O)[C@H](CC)N(Cc1ccccc1C)C(=O)CN(c1cccc(C(F)(F)F)c1)S(C)(=O)=O. The van der Waals surface area contributed by atoms with Gasteiger partial charge in [-0.05, 0) is 49.1 Å². The van der Waals surface area contributed by atoms with Crippen LogP contribution in [-0.2, 0) is 32.3 Å². The normalized spacial score (nSPS) is 12.6. The molecule has 0 aliphatic carbocycles. The van der Waals surface area contributed by atoms with Gasteiger partial charge in [0, 0.05) is 13.1 Å². The van der Waals surface area contributed by atoms with Crippen LogP contribution in [0.1, 0.15) is 43.4 Å². The van der Waals surface area contributed by atoms with Gasteiger partial charge in [0.2, 0.25) is 21.8 Å². The van der Waals surface area contributed by atoms with Crippen LogP contribution in [0.5, 0.6) is 0 Å². The van der Waals surface area contributed by atoms with Crippen LogP contribution in [0.25, 0.3) is 0 Å². The van der Waals surface area contributed by atoms with Crippen molar-refractivity contribution in [2.45, 2.75) is 52.4 Å². The molecule has 0 aliphatic heterocycles. The molecule has 0 radical (unpaired) electrons. The van der Waals surface area contributed by atoms with Crippen LogP contribution >= 0.6 is 0 Å². The number of rotatable bonds is 11. The molecule has 11 heteroatoms. The number of amides is 2. The number of sulfonamides is 1. The summed E-state index contributed by atoms with van der Waals surface area (Å²) in [5.41, 5.74) is 0.303. The van der Waals surface area contributed by atoms with Crippen LogP contribution in [0, 0.1) is 6.92 Å². The number of carbonyl (C=O) groups is 2. The first-order valence-electron chi connectivity index (χ1n) is 11.6. The number of anilines is 1. The zero-order valence-corrected chi connectivity index (χ0v) is 21.6. The summed E-state index contributed by atoms with van der Waals surface area (Å²) < 4.78 is 65.5. The van der Waals surface area contributed by atoms with Crippen molar-refractivity contribution in [3.8, 4) is 0 Å². The molecule has 36 heavy (non-hydrogen) atoms. The number of nitrogens with zero attached hydrogens (tertiary/aromatic N) is 2. The average Bonchev–Trinajstić information content (AvgIpc) is 2.80. The van der Waals surface area contributed by atoms with Crippen molar-refractivity contribution < 1.29 is 31.2 Å². The summed E-state index contributed by atoms with van der Waals surface area (Å²) in [6.07, 6.45) is -2.93. The van der Waals surface area contributed by atoms with Gasteiger partial charge in [0.15, 0.2) is 0 Å². The number of hydrogen-bond acceptors (Lipinski definition) is 4. The monoisotopic (exact) mass is 527 g/mol. The van der Waals surface area contributed by atoms with Crippen molar-refractivity contribution in [1.29, 1.82) is 0 Å². The Morgan fingerprint density at radius 1 is 1.06 bits per heavy atom. The van der Waals surface area contributed by atoms with Gasteiger partial charge < -0.3 is 10.2 Å². The predicted octanol–water partition coefficient (Wildman–Crippen LogP) is 4.11. The highest BCUT2D eigenvalue weighted by atomic mass is 32.2. The molecule has 2 amide bonds. The standard InChI is InChI=1S/C25H32F3N3O4S/c1-5-14-29-24(33)22(6-2)30(16-19-11-8-7-10-18(19)3)23(32)17-31(36(4,34)35)21-13-9-12-20(15-21)25(26,27)28/h7-13,15,22H,5-6,14,16-17H2,1-4H3,(H,29,33)/t22-/m0/s1. The van der Waals surface area contributed by atoms with E-state index in [0.717, 1.165) is 29.5 Å². The fourth-order valence-electron chi connectivity index (χ4n) is 3.71. The van der Waals surface area contributed by atoms with Gasteiger partial charge in [0.1, 0.15) is 12.6 Å². The van der Waals surface area contributed by atoms with Gasteiger partial charge in [0.25, 0.3) is 0 Å². The van der Waals surface area contributed by atoms with Gasteiger partial charge in [-0.15, -0.1) is 0 Å². The molecule has 2 aromatic carbocycles. The second kappa shape index (κ2) is 12.2. The summed E-state index contributed by atoms with van der Waals surface area (Å²) in [6, 6.07) is 10.1. The molecule has 7 nitrogen and oxygen atoms in total. The van der Waals surface area contributed by atoms with Crippen molar-refractivity contribution in [1.82, 2.24) is 10.2 Å². The zero-order chi connectivity index (χ0) is 27.1. The molecule has 0 saturated heterocycles. The summed E-state index contributed by atoms with van der Waals surface area (Å²) in [5, 5.41) is 2.77. The van der Waals surface area contributed by atoms with Crippen LogP contribution in [-0.4, -0.2) is 50.5 Å². The third-order valence-corrected chi connectivity index (χ3v) is 6.82. The number of halogens is 3. The van der Waals surface area contributed by atoms with Gasteiger partial charge in [-0.25, -0.2) is 8.42 Å². The van der Waals surface area contributed by atoms with E-state index in [0.29, 0.717) is 23.3 Å². The molecule has 1 atom stereocenters. The molecular formula is C25H32F3N3O4S. The Balaban J connectivity index is 2.49. The lowest BCUT2D eigenvalue weighted by Crippen LogP contribution is -2.52. The summed E-state index contributed by atoms with van der Waals surface area (Å²) in [6.45, 7) is 5.14. The maximum absolute atomic E-state index is 13.6. The molecule has 2 aromatic rings. The van der Waals surface area contributed by atoms with E-state index in [9.17, 15) is 31.2 Å². The number of carbonyl (C=O) groups excluding carboxylic acids is 2. The molecule has 0 bridgehead atoms. The van der Waals surface area contributed by atoms with E-state index in [-0.39, 0.29) is 24.6 Å². The third kappa shape index (κ3) is 7.71. The van der Waals surface area contributed by atoms with Gasteiger partial charge in [-0.2, -0.15) is 13.2 Å². The highest BCUT2D eigenvalue weighted by Gasteiger charge is 2.34. The second-order valence-corrected chi connectivity index (χ2v) is 10.4. The van der Waals surface area contributed by atoms with E-state index in [4.69, 9.17) is 0 Å². The van der Waals surface area contributed by atoms with Crippen molar-refractivity contribution in [3.05, 3.63) is 65.2 Å². The van der Waals surface area contributed by atoms with E-state index >= 15 is 0 Å². The first kappa shape index (κ1) is 29.2. The lowest BCUT2D eigenvalue weighted by Gasteiger charge is -2.33. The lowest BCUT2D eigenvalue weighted by atomic mass is 10.1. The molecule has 1 N–H and O–H groups in total. The highest BCUT2D eigenvalue weighted by molar-refractivity contribution is 7.92. The molecule has 0 unspecified atom stereocenters. The average molecular weight is 528 g/mol. The predicted molar refractivity (Wildman–Crippen MR) is 133 cm³/mol. The second-order valence-electron chi connectivity index (χ2n) is 8.48. The molecule has 0 aromatic heterocycles. The summed E-state index contributed by atoms with van der Waals surface area (Å²) in [5.74, 6) is -1.09. The smallest absolute Gasteiger partial charge is 0.354 e.